The number of halogens is 1. The number of amides is 1. The van der Waals surface area contributed by atoms with E-state index >= 15 is 0 Å². The van der Waals surface area contributed by atoms with Crippen LogP contribution in [-0.2, 0) is 34.6 Å². The van der Waals surface area contributed by atoms with E-state index in [2.05, 4.69) is 10.0 Å². The Labute approximate surface area is 231 Å². The minimum atomic E-state index is -4.20. The molecule has 0 aromatic heterocycles. The van der Waals surface area contributed by atoms with Crippen molar-refractivity contribution in [3.63, 3.8) is 0 Å². The highest BCUT2D eigenvalue weighted by Crippen LogP contribution is 2.26. The molecule has 1 saturated heterocycles. The first kappa shape index (κ1) is 29.0. The van der Waals surface area contributed by atoms with Crippen LogP contribution in [0.3, 0.4) is 0 Å². The number of carbonyl (C=O) groups is 1. The van der Waals surface area contributed by atoms with Gasteiger partial charge in [0.05, 0.1) is 39.2 Å². The zero-order chi connectivity index (χ0) is 28.4. The first-order chi connectivity index (χ1) is 18.3. The van der Waals surface area contributed by atoms with Gasteiger partial charge in [0.1, 0.15) is 0 Å². The van der Waals surface area contributed by atoms with Gasteiger partial charge in [-0.2, -0.15) is 4.31 Å². The quantitative estimate of drug-likeness (QED) is 0.393. The summed E-state index contributed by atoms with van der Waals surface area (Å²) >= 11 is 6.06. The third-order valence-electron chi connectivity index (χ3n) is 5.75. The van der Waals surface area contributed by atoms with Crippen LogP contribution < -0.4 is 10.0 Å². The topological polar surface area (TPSA) is 156 Å². The van der Waals surface area contributed by atoms with Crippen molar-refractivity contribution in [2.75, 3.05) is 42.6 Å². The lowest BCUT2D eigenvalue weighted by Gasteiger charge is -2.26. The molecule has 1 heterocycles. The number of benzene rings is 3. The van der Waals surface area contributed by atoms with Gasteiger partial charge in [0.15, 0.2) is 9.84 Å². The first-order valence-corrected chi connectivity index (χ1v) is 16.6. The Hall–Kier alpha value is -3.01. The van der Waals surface area contributed by atoms with Crippen molar-refractivity contribution in [1.82, 2.24) is 4.31 Å². The van der Waals surface area contributed by atoms with Crippen LogP contribution in [-0.4, -0.2) is 68.0 Å². The monoisotopic (exact) mass is 613 g/mol. The van der Waals surface area contributed by atoms with Crippen LogP contribution in [0.2, 0.25) is 5.02 Å². The second-order valence-electron chi connectivity index (χ2n) is 8.53. The molecular formula is C24H24ClN3O8S3. The summed E-state index contributed by atoms with van der Waals surface area (Å²) in [6.07, 6.45) is 1.00. The fourth-order valence-electron chi connectivity index (χ4n) is 3.71. The van der Waals surface area contributed by atoms with Crippen LogP contribution in [0.5, 0.6) is 0 Å². The van der Waals surface area contributed by atoms with E-state index in [-0.39, 0.29) is 49.7 Å². The molecule has 1 amide bonds. The molecule has 0 unspecified atom stereocenters. The highest BCUT2D eigenvalue weighted by atomic mass is 35.5. The Morgan fingerprint density at radius 3 is 1.97 bits per heavy atom. The van der Waals surface area contributed by atoms with Crippen LogP contribution in [0.25, 0.3) is 0 Å². The number of anilines is 2. The van der Waals surface area contributed by atoms with Gasteiger partial charge >= 0.3 is 0 Å². The second-order valence-corrected chi connectivity index (χ2v) is 14.6. The van der Waals surface area contributed by atoms with E-state index in [1.807, 2.05) is 0 Å². The van der Waals surface area contributed by atoms with E-state index in [1.165, 1.54) is 58.9 Å². The number of nitrogens with zero attached hydrogens (tertiary/aromatic N) is 1. The lowest BCUT2D eigenvalue weighted by atomic mass is 10.1. The van der Waals surface area contributed by atoms with E-state index in [0.717, 1.165) is 18.4 Å². The largest absolute Gasteiger partial charge is 0.379 e. The number of ether oxygens (including phenoxy) is 1. The van der Waals surface area contributed by atoms with Crippen molar-refractivity contribution in [1.29, 1.82) is 0 Å². The maximum atomic E-state index is 13.1. The number of sulfonamides is 2. The maximum Gasteiger partial charge on any atom is 0.261 e. The molecule has 11 nitrogen and oxygen atoms in total. The molecule has 1 fully saturated rings. The van der Waals surface area contributed by atoms with Gasteiger partial charge in [-0.3, -0.25) is 9.52 Å². The third-order valence-corrected chi connectivity index (χ3v) is 10.4. The Morgan fingerprint density at radius 1 is 0.821 bits per heavy atom. The molecule has 1 aliphatic heterocycles. The molecule has 0 radical (unpaired) electrons. The summed E-state index contributed by atoms with van der Waals surface area (Å²) in [6.45, 7) is 1.11. The molecule has 0 atom stereocenters. The molecule has 39 heavy (non-hydrogen) atoms. The van der Waals surface area contributed by atoms with Gasteiger partial charge in [0.2, 0.25) is 10.0 Å². The summed E-state index contributed by atoms with van der Waals surface area (Å²) < 4.78 is 83.7. The summed E-state index contributed by atoms with van der Waals surface area (Å²) in [4.78, 5) is 12.9. The molecular weight excluding hydrogens is 590 g/mol. The van der Waals surface area contributed by atoms with E-state index in [0.29, 0.717) is 13.2 Å². The average molecular weight is 614 g/mol. The van der Waals surface area contributed by atoms with Crippen molar-refractivity contribution < 1.29 is 34.8 Å². The van der Waals surface area contributed by atoms with Gasteiger partial charge in [-0.15, -0.1) is 0 Å². The van der Waals surface area contributed by atoms with Gasteiger partial charge in [0.25, 0.3) is 15.9 Å². The second kappa shape index (κ2) is 11.2. The highest BCUT2D eigenvalue weighted by molar-refractivity contribution is 7.92. The van der Waals surface area contributed by atoms with Crippen molar-refractivity contribution in [2.24, 2.45) is 0 Å². The van der Waals surface area contributed by atoms with Crippen LogP contribution >= 0.6 is 11.6 Å². The minimum Gasteiger partial charge on any atom is -0.379 e. The van der Waals surface area contributed by atoms with Crippen LogP contribution in [0.15, 0.2) is 81.4 Å². The standard InChI is InChI=1S/C24H24ClN3O8S3/c1-37(30,31)19-7-9-20(10-8-19)38(32,33)27-23-11-2-17(25)16-22(23)24(29)26-18-3-5-21(6-4-18)39(34,35)28-12-14-36-15-13-28/h2-11,16,27H,12-15H2,1H3,(H,26,29). The van der Waals surface area contributed by atoms with E-state index < -0.39 is 35.8 Å². The third kappa shape index (κ3) is 6.77. The Bertz CT molecular complexity index is 1700. The van der Waals surface area contributed by atoms with Crippen molar-refractivity contribution >= 4 is 58.8 Å². The SMILES string of the molecule is CS(=O)(=O)c1ccc(S(=O)(=O)Nc2ccc(Cl)cc2C(=O)Nc2ccc(S(=O)(=O)N3CCOCC3)cc2)cc1. The zero-order valence-corrected chi connectivity index (χ0v) is 23.7. The van der Waals surface area contributed by atoms with Crippen LogP contribution in [0.1, 0.15) is 10.4 Å². The fraction of sp³-hybridized carbons (Fsp3) is 0.208. The van der Waals surface area contributed by atoms with Gasteiger partial charge in [-0.1, -0.05) is 11.6 Å². The minimum absolute atomic E-state index is 0.0447. The molecule has 1 aliphatic rings. The van der Waals surface area contributed by atoms with Crippen molar-refractivity contribution in [3.8, 4) is 0 Å². The molecule has 0 bridgehead atoms. The maximum absolute atomic E-state index is 13.1. The molecule has 0 saturated carbocycles. The summed E-state index contributed by atoms with van der Waals surface area (Å²) in [7, 11) is -11.4. The zero-order valence-electron chi connectivity index (χ0n) is 20.5. The Kier molecular flexibility index (Phi) is 8.35. The molecule has 3 aromatic carbocycles. The van der Waals surface area contributed by atoms with Crippen LogP contribution in [0.4, 0.5) is 11.4 Å². The number of nitrogens with one attached hydrogen (secondary N) is 2. The number of sulfone groups is 1. The number of hydrogen-bond donors (Lipinski definition) is 2. The van der Waals surface area contributed by atoms with Gasteiger partial charge in [0, 0.05) is 30.1 Å². The Morgan fingerprint density at radius 2 is 1.38 bits per heavy atom. The summed E-state index contributed by atoms with van der Waals surface area (Å²) in [5.74, 6) is -0.702. The summed E-state index contributed by atoms with van der Waals surface area (Å²) in [5, 5.41) is 2.78. The molecule has 208 valence electrons. The lowest BCUT2D eigenvalue weighted by molar-refractivity contribution is 0.0730. The number of hydrogen-bond acceptors (Lipinski definition) is 8. The molecule has 15 heteroatoms. The number of carbonyl (C=O) groups excluding carboxylic acids is 1. The predicted molar refractivity (Wildman–Crippen MR) is 146 cm³/mol. The van der Waals surface area contributed by atoms with Gasteiger partial charge < -0.3 is 10.1 Å². The fourth-order valence-corrected chi connectivity index (χ4v) is 7.00. The molecule has 2 N–H and O–H groups in total. The van der Waals surface area contributed by atoms with E-state index in [4.69, 9.17) is 16.3 Å². The van der Waals surface area contributed by atoms with Gasteiger partial charge in [-0.05, 0) is 66.7 Å². The number of morpholine rings is 1. The molecule has 0 spiro atoms. The van der Waals surface area contributed by atoms with E-state index in [1.54, 1.807) is 0 Å². The Balaban J connectivity index is 1.54. The van der Waals surface area contributed by atoms with Crippen molar-refractivity contribution in [3.05, 3.63) is 77.3 Å². The predicted octanol–water partition coefficient (Wildman–Crippen LogP) is 2.82. The summed E-state index contributed by atoms with van der Waals surface area (Å²) in [5.41, 5.74) is 0.102. The first-order valence-electron chi connectivity index (χ1n) is 11.4. The molecule has 0 aliphatic carbocycles. The van der Waals surface area contributed by atoms with Crippen LogP contribution in [0, 0.1) is 0 Å². The highest BCUT2D eigenvalue weighted by Gasteiger charge is 2.26. The lowest BCUT2D eigenvalue weighted by Crippen LogP contribution is -2.40. The normalized spacial score (nSPS) is 15.0. The number of rotatable bonds is 8. The smallest absolute Gasteiger partial charge is 0.261 e. The van der Waals surface area contributed by atoms with Crippen molar-refractivity contribution in [2.45, 2.75) is 14.7 Å². The van der Waals surface area contributed by atoms with Gasteiger partial charge in [-0.25, -0.2) is 25.3 Å². The van der Waals surface area contributed by atoms with E-state index in [9.17, 15) is 30.0 Å². The molecule has 4 rings (SSSR count). The summed E-state index contributed by atoms with van der Waals surface area (Å²) in [6, 6.07) is 14.2. The molecule has 3 aromatic rings. The average Bonchev–Trinajstić information content (AvgIpc) is 2.90.